The number of ketones is 2. The lowest BCUT2D eigenvalue weighted by molar-refractivity contribution is -0.140. The third kappa shape index (κ3) is 2.93. The van der Waals surface area contributed by atoms with Gasteiger partial charge in [-0.1, -0.05) is 46.8 Å². The molecule has 4 aliphatic carbocycles. The van der Waals surface area contributed by atoms with Gasteiger partial charge in [-0.2, -0.15) is 0 Å². The zero-order chi connectivity index (χ0) is 22.3. The molecular formula is C27H38O4. The molecule has 1 N–H and O–H groups in total. The van der Waals surface area contributed by atoms with Crippen molar-refractivity contribution < 1.29 is 19.4 Å². The van der Waals surface area contributed by atoms with E-state index < -0.39 is 6.10 Å². The van der Waals surface area contributed by atoms with Gasteiger partial charge in [-0.05, 0) is 72.8 Å². The molecule has 31 heavy (non-hydrogen) atoms. The Morgan fingerprint density at radius 1 is 1.13 bits per heavy atom. The van der Waals surface area contributed by atoms with Gasteiger partial charge in [-0.15, -0.1) is 0 Å². The van der Waals surface area contributed by atoms with Crippen molar-refractivity contribution in [2.45, 2.75) is 84.5 Å². The number of aliphatic hydroxyl groups is 1. The Balaban J connectivity index is 1.44. The lowest BCUT2D eigenvalue weighted by Crippen LogP contribution is -2.53. The van der Waals surface area contributed by atoms with Crippen LogP contribution in [0.1, 0.15) is 66.7 Å². The third-order valence-electron chi connectivity index (χ3n) is 10.1. The number of ether oxygens (including phenoxy) is 1. The molecule has 0 radical (unpaired) electrons. The average Bonchev–Trinajstić information content (AvgIpc) is 3.38. The van der Waals surface area contributed by atoms with Crippen molar-refractivity contribution in [2.24, 2.45) is 46.8 Å². The fourth-order valence-corrected chi connectivity index (χ4v) is 7.75. The predicted molar refractivity (Wildman–Crippen MR) is 119 cm³/mol. The molecule has 0 bridgehead atoms. The predicted octanol–water partition coefficient (Wildman–Crippen LogP) is 4.51. The Labute approximate surface area is 186 Å². The highest BCUT2D eigenvalue weighted by atomic mass is 16.6. The first-order valence-electron chi connectivity index (χ1n) is 12.4. The second kappa shape index (κ2) is 7.12. The zero-order valence-electron chi connectivity index (χ0n) is 19.6. The molecule has 1 heterocycles. The van der Waals surface area contributed by atoms with Gasteiger partial charge in [0.05, 0.1) is 6.10 Å². The first-order valence-corrected chi connectivity index (χ1v) is 12.4. The van der Waals surface area contributed by atoms with Crippen LogP contribution in [0.4, 0.5) is 0 Å². The summed E-state index contributed by atoms with van der Waals surface area (Å²) < 4.78 is 6.46. The maximum atomic E-state index is 13.1. The molecule has 0 aromatic heterocycles. The van der Waals surface area contributed by atoms with E-state index in [1.165, 1.54) is 5.57 Å². The second-order valence-electron chi connectivity index (χ2n) is 11.8. The average molecular weight is 427 g/mol. The molecular weight excluding hydrogens is 388 g/mol. The summed E-state index contributed by atoms with van der Waals surface area (Å²) in [5.74, 6) is 2.30. The topological polar surface area (TPSA) is 66.9 Å². The molecule has 1 aliphatic heterocycles. The fraction of sp³-hybridized carbons (Fsp3) is 0.778. The molecule has 1 saturated heterocycles. The van der Waals surface area contributed by atoms with Gasteiger partial charge in [0.1, 0.15) is 11.7 Å². The molecule has 5 rings (SSSR count). The largest absolute Gasteiger partial charge is 0.385 e. The number of hydrogen-bond acceptors (Lipinski definition) is 4. The van der Waals surface area contributed by atoms with Crippen LogP contribution < -0.4 is 0 Å². The van der Waals surface area contributed by atoms with Crippen LogP contribution in [0.2, 0.25) is 0 Å². The van der Waals surface area contributed by atoms with Crippen molar-refractivity contribution in [3.8, 4) is 0 Å². The van der Waals surface area contributed by atoms with Gasteiger partial charge in [0.15, 0.2) is 11.6 Å². The molecule has 8 unspecified atom stereocenters. The summed E-state index contributed by atoms with van der Waals surface area (Å²) >= 11 is 0. The highest BCUT2D eigenvalue weighted by Gasteiger charge is 2.78. The molecule has 1 spiro atoms. The smallest absolute Gasteiger partial charge is 0.162 e. The quantitative estimate of drug-likeness (QED) is 0.531. The maximum absolute atomic E-state index is 13.1. The molecule has 3 saturated carbocycles. The Hall–Kier alpha value is -1.26. The molecule has 0 aromatic carbocycles. The summed E-state index contributed by atoms with van der Waals surface area (Å²) in [5, 5.41) is 10.2. The van der Waals surface area contributed by atoms with Crippen LogP contribution in [0.3, 0.4) is 0 Å². The number of aliphatic hydroxyl groups excluding tert-OH is 1. The standard InChI is InChI=1S/C27H38O4/c1-14(2)15(3)6-7-16(4)20-13-25-27(31-25)21-12-22(28)19-11-24(30)23(29)10-18(19)17(21)8-9-26(20,27)5/h6-7,12,14-20,23,25,29H,8-11,13H2,1-5H3/b7-6+/t15?,16?,17?,18?,19?,20-,23?,25?,26-,27?/m1/s1. The van der Waals surface area contributed by atoms with Gasteiger partial charge in [0.25, 0.3) is 0 Å². The lowest BCUT2D eigenvalue weighted by atomic mass is 9.51. The monoisotopic (exact) mass is 426 g/mol. The van der Waals surface area contributed by atoms with Crippen molar-refractivity contribution in [3.63, 3.8) is 0 Å². The van der Waals surface area contributed by atoms with E-state index in [2.05, 4.69) is 46.8 Å². The Morgan fingerprint density at radius 3 is 2.58 bits per heavy atom. The van der Waals surface area contributed by atoms with E-state index in [4.69, 9.17) is 4.74 Å². The number of carbonyl (C=O) groups is 2. The molecule has 0 aromatic rings. The highest BCUT2D eigenvalue weighted by molar-refractivity contribution is 5.99. The summed E-state index contributed by atoms with van der Waals surface area (Å²) in [6.45, 7) is 11.6. The zero-order valence-corrected chi connectivity index (χ0v) is 19.6. The SMILES string of the molecule is CC(C)C(C)/C=C/C(C)[C@H]1CC2OC23C2=CC(=O)C4CC(=O)C(O)CC4C2CC[C@]13C. The summed E-state index contributed by atoms with van der Waals surface area (Å²) in [6.07, 6.45) is 9.82. The minimum Gasteiger partial charge on any atom is -0.385 e. The summed E-state index contributed by atoms with van der Waals surface area (Å²) in [7, 11) is 0. The molecule has 4 nitrogen and oxygen atoms in total. The van der Waals surface area contributed by atoms with Gasteiger partial charge in [-0.3, -0.25) is 9.59 Å². The molecule has 10 atom stereocenters. The van der Waals surface area contributed by atoms with Crippen molar-refractivity contribution in [1.29, 1.82) is 0 Å². The summed E-state index contributed by atoms with van der Waals surface area (Å²) in [4.78, 5) is 25.1. The van der Waals surface area contributed by atoms with Crippen LogP contribution in [0.5, 0.6) is 0 Å². The fourth-order valence-electron chi connectivity index (χ4n) is 7.75. The minimum atomic E-state index is -0.903. The van der Waals surface area contributed by atoms with Gasteiger partial charge in [0, 0.05) is 17.8 Å². The van der Waals surface area contributed by atoms with Crippen molar-refractivity contribution in [3.05, 3.63) is 23.8 Å². The van der Waals surface area contributed by atoms with Crippen LogP contribution in [-0.2, 0) is 14.3 Å². The molecule has 170 valence electrons. The first-order chi connectivity index (χ1) is 14.6. The number of fused-ring (bicyclic) bond motifs is 3. The number of epoxide rings is 1. The van der Waals surface area contributed by atoms with Crippen LogP contribution in [0.25, 0.3) is 0 Å². The second-order valence-corrected chi connectivity index (χ2v) is 11.8. The van der Waals surface area contributed by atoms with Gasteiger partial charge in [-0.25, -0.2) is 0 Å². The molecule has 0 amide bonds. The Kier molecular flexibility index (Phi) is 4.95. The number of carbonyl (C=O) groups excluding carboxylic acids is 2. The van der Waals surface area contributed by atoms with E-state index in [-0.39, 0.29) is 52.9 Å². The van der Waals surface area contributed by atoms with Gasteiger partial charge in [0.2, 0.25) is 0 Å². The van der Waals surface area contributed by atoms with E-state index in [0.717, 1.165) is 19.3 Å². The Bertz CT molecular complexity index is 855. The van der Waals surface area contributed by atoms with Crippen LogP contribution >= 0.6 is 0 Å². The van der Waals surface area contributed by atoms with Crippen molar-refractivity contribution in [2.75, 3.05) is 0 Å². The van der Waals surface area contributed by atoms with Gasteiger partial charge >= 0.3 is 0 Å². The maximum Gasteiger partial charge on any atom is 0.162 e. The molecule has 5 aliphatic rings. The summed E-state index contributed by atoms with van der Waals surface area (Å²) in [5.41, 5.74) is 0.953. The van der Waals surface area contributed by atoms with E-state index >= 15 is 0 Å². The van der Waals surface area contributed by atoms with E-state index in [9.17, 15) is 14.7 Å². The van der Waals surface area contributed by atoms with E-state index in [0.29, 0.717) is 30.1 Å². The Morgan fingerprint density at radius 2 is 1.87 bits per heavy atom. The van der Waals surface area contributed by atoms with Crippen LogP contribution in [0, 0.1) is 46.8 Å². The van der Waals surface area contributed by atoms with E-state index in [1.54, 1.807) is 0 Å². The minimum absolute atomic E-state index is 0.0427. The molecule has 4 fully saturated rings. The van der Waals surface area contributed by atoms with Gasteiger partial charge < -0.3 is 9.84 Å². The normalized spacial score (nSPS) is 48.0. The number of rotatable bonds is 4. The highest BCUT2D eigenvalue weighted by Crippen LogP contribution is 2.74. The number of Topliss-reactive ketones (excluding diaryl/α,β-unsaturated/α-hetero) is 1. The van der Waals surface area contributed by atoms with Crippen LogP contribution in [0.15, 0.2) is 23.8 Å². The first kappa shape index (κ1) is 21.6. The third-order valence-corrected chi connectivity index (χ3v) is 10.1. The summed E-state index contributed by atoms with van der Waals surface area (Å²) in [6, 6.07) is 0. The lowest BCUT2D eigenvalue weighted by Gasteiger charge is -2.52. The number of hydrogen-bond donors (Lipinski definition) is 1. The van der Waals surface area contributed by atoms with Crippen LogP contribution in [-0.4, -0.2) is 34.5 Å². The van der Waals surface area contributed by atoms with E-state index in [1.807, 2.05) is 6.08 Å². The van der Waals surface area contributed by atoms with Crippen molar-refractivity contribution in [1.82, 2.24) is 0 Å². The van der Waals surface area contributed by atoms with Crippen molar-refractivity contribution >= 4 is 11.6 Å². The number of allylic oxidation sites excluding steroid dienone is 3. The molecule has 4 heteroatoms.